The van der Waals surface area contributed by atoms with E-state index in [4.69, 9.17) is 0 Å². The van der Waals surface area contributed by atoms with Gasteiger partial charge in [-0.05, 0) is 42.5 Å². The maximum absolute atomic E-state index is 4.68. The fourth-order valence-corrected chi connectivity index (χ4v) is 3.92. The van der Waals surface area contributed by atoms with E-state index in [-0.39, 0.29) is 0 Å². The Morgan fingerprint density at radius 3 is 2.68 bits per heavy atom. The van der Waals surface area contributed by atoms with E-state index in [1.807, 2.05) is 6.20 Å². The van der Waals surface area contributed by atoms with Gasteiger partial charge in [0.05, 0.1) is 17.8 Å². The van der Waals surface area contributed by atoms with Crippen molar-refractivity contribution >= 4 is 10.9 Å². The molecule has 1 fully saturated rings. The lowest BCUT2D eigenvalue weighted by Gasteiger charge is -2.33. The van der Waals surface area contributed by atoms with Crippen LogP contribution in [0.4, 0.5) is 0 Å². The molecule has 1 aliphatic rings. The summed E-state index contributed by atoms with van der Waals surface area (Å²) in [6, 6.07) is 18.2. The summed E-state index contributed by atoms with van der Waals surface area (Å²) in [4.78, 5) is 2.58. The number of para-hydroxylation sites is 1. The molecule has 2 aromatic carbocycles. The van der Waals surface area contributed by atoms with Gasteiger partial charge in [0.25, 0.3) is 0 Å². The third-order valence-electron chi connectivity index (χ3n) is 5.38. The number of hydrogen-bond acceptors (Lipinski definition) is 2. The Bertz CT molecular complexity index is 832. The number of hydrogen-bond donors (Lipinski definition) is 0. The summed E-state index contributed by atoms with van der Waals surface area (Å²) in [7, 11) is 0. The fourth-order valence-electron chi connectivity index (χ4n) is 3.92. The summed E-state index contributed by atoms with van der Waals surface area (Å²) in [5.74, 6) is 0.599. The van der Waals surface area contributed by atoms with Gasteiger partial charge in [-0.3, -0.25) is 9.58 Å². The van der Waals surface area contributed by atoms with Gasteiger partial charge in [0, 0.05) is 18.5 Å². The van der Waals surface area contributed by atoms with Crippen LogP contribution in [0.5, 0.6) is 0 Å². The number of likely N-dealkylation sites (tertiary alicyclic amines) is 1. The molecule has 4 rings (SSSR count). The molecule has 0 N–H and O–H groups in total. The molecule has 3 nitrogen and oxygen atoms in total. The van der Waals surface area contributed by atoms with Crippen LogP contribution in [0.2, 0.25) is 0 Å². The highest BCUT2D eigenvalue weighted by molar-refractivity contribution is 5.78. The molecule has 1 saturated heterocycles. The number of benzene rings is 2. The summed E-state index contributed by atoms with van der Waals surface area (Å²) in [6.45, 7) is 7.80. The quantitative estimate of drug-likeness (QED) is 0.670. The number of rotatable bonds is 4. The van der Waals surface area contributed by atoms with Gasteiger partial charge in [-0.25, -0.2) is 0 Å². The minimum atomic E-state index is 0.476. The molecule has 0 radical (unpaired) electrons. The highest BCUT2D eigenvalue weighted by atomic mass is 15.3. The monoisotopic (exact) mass is 333 g/mol. The summed E-state index contributed by atoms with van der Waals surface area (Å²) < 4.78 is 2.24. The Morgan fingerprint density at radius 1 is 1.08 bits per heavy atom. The molecule has 0 aliphatic carbocycles. The third-order valence-corrected chi connectivity index (χ3v) is 5.38. The van der Waals surface area contributed by atoms with Crippen molar-refractivity contribution in [3.63, 3.8) is 0 Å². The SMILES string of the molecule is CC(C)c1ccc(CN2CCC[C@H](n3ncc4ccccc43)C2)cc1. The fraction of sp³-hybridized carbons (Fsp3) is 0.409. The van der Waals surface area contributed by atoms with E-state index >= 15 is 0 Å². The minimum Gasteiger partial charge on any atom is -0.297 e. The zero-order valence-electron chi connectivity index (χ0n) is 15.2. The van der Waals surface area contributed by atoms with Crippen LogP contribution in [-0.4, -0.2) is 27.8 Å². The predicted octanol–water partition coefficient (Wildman–Crippen LogP) is 5.00. The van der Waals surface area contributed by atoms with Gasteiger partial charge in [-0.2, -0.15) is 5.10 Å². The van der Waals surface area contributed by atoms with Crippen molar-refractivity contribution in [2.45, 2.75) is 45.2 Å². The Morgan fingerprint density at radius 2 is 1.88 bits per heavy atom. The lowest BCUT2D eigenvalue weighted by atomic mass is 10.0. The van der Waals surface area contributed by atoms with Crippen LogP contribution in [0.15, 0.2) is 54.7 Å². The molecule has 2 heterocycles. The first-order chi connectivity index (χ1) is 12.2. The smallest absolute Gasteiger partial charge is 0.0686 e. The molecule has 0 spiro atoms. The first-order valence-electron chi connectivity index (χ1n) is 9.44. The van der Waals surface area contributed by atoms with E-state index in [9.17, 15) is 0 Å². The second-order valence-corrected chi connectivity index (χ2v) is 7.58. The maximum Gasteiger partial charge on any atom is 0.0686 e. The Labute approximate surface area is 150 Å². The Kier molecular flexibility index (Phi) is 4.58. The number of nitrogens with zero attached hydrogens (tertiary/aromatic N) is 3. The van der Waals surface area contributed by atoms with Crippen molar-refractivity contribution in [2.24, 2.45) is 0 Å². The molecule has 1 atom stereocenters. The van der Waals surface area contributed by atoms with Gasteiger partial charge in [-0.15, -0.1) is 0 Å². The van der Waals surface area contributed by atoms with Crippen LogP contribution in [0, 0.1) is 0 Å². The largest absolute Gasteiger partial charge is 0.297 e. The van der Waals surface area contributed by atoms with Crippen LogP contribution in [0.3, 0.4) is 0 Å². The van der Waals surface area contributed by atoms with E-state index in [2.05, 4.69) is 77.1 Å². The van der Waals surface area contributed by atoms with Crippen LogP contribution in [0.25, 0.3) is 10.9 Å². The Balaban J connectivity index is 1.47. The van der Waals surface area contributed by atoms with Crippen molar-refractivity contribution in [3.8, 4) is 0 Å². The van der Waals surface area contributed by atoms with Crippen LogP contribution >= 0.6 is 0 Å². The molecule has 0 unspecified atom stereocenters. The average molecular weight is 333 g/mol. The van der Waals surface area contributed by atoms with Crippen LogP contribution in [0.1, 0.15) is 49.8 Å². The van der Waals surface area contributed by atoms with Gasteiger partial charge < -0.3 is 0 Å². The summed E-state index contributed by atoms with van der Waals surface area (Å²) >= 11 is 0. The van der Waals surface area contributed by atoms with Crippen molar-refractivity contribution < 1.29 is 0 Å². The molecule has 3 heteroatoms. The molecule has 0 bridgehead atoms. The van der Waals surface area contributed by atoms with Crippen LogP contribution < -0.4 is 0 Å². The number of fused-ring (bicyclic) bond motifs is 1. The Hall–Kier alpha value is -2.13. The number of piperidine rings is 1. The average Bonchev–Trinajstić information content (AvgIpc) is 3.06. The van der Waals surface area contributed by atoms with Gasteiger partial charge in [0.1, 0.15) is 0 Å². The van der Waals surface area contributed by atoms with E-state index in [1.165, 1.54) is 41.4 Å². The van der Waals surface area contributed by atoms with Gasteiger partial charge in [0.2, 0.25) is 0 Å². The molecule has 1 aromatic heterocycles. The lowest BCUT2D eigenvalue weighted by Crippen LogP contribution is -2.36. The van der Waals surface area contributed by atoms with Gasteiger partial charge in [-0.1, -0.05) is 56.3 Å². The van der Waals surface area contributed by atoms with E-state index in [1.54, 1.807) is 0 Å². The van der Waals surface area contributed by atoms with Crippen LogP contribution in [-0.2, 0) is 6.54 Å². The van der Waals surface area contributed by atoms with Crippen molar-refractivity contribution in [1.29, 1.82) is 0 Å². The van der Waals surface area contributed by atoms with Crippen molar-refractivity contribution in [3.05, 3.63) is 65.9 Å². The maximum atomic E-state index is 4.68. The zero-order valence-corrected chi connectivity index (χ0v) is 15.2. The molecule has 130 valence electrons. The number of aromatic nitrogens is 2. The molecular weight excluding hydrogens is 306 g/mol. The molecule has 0 amide bonds. The lowest BCUT2D eigenvalue weighted by molar-refractivity contribution is 0.165. The molecule has 25 heavy (non-hydrogen) atoms. The second-order valence-electron chi connectivity index (χ2n) is 7.58. The predicted molar refractivity (Wildman–Crippen MR) is 104 cm³/mol. The van der Waals surface area contributed by atoms with E-state index < -0.39 is 0 Å². The summed E-state index contributed by atoms with van der Waals surface area (Å²) in [5, 5.41) is 5.92. The van der Waals surface area contributed by atoms with Gasteiger partial charge >= 0.3 is 0 Å². The van der Waals surface area contributed by atoms with E-state index in [0.717, 1.165) is 13.1 Å². The zero-order chi connectivity index (χ0) is 17.2. The second kappa shape index (κ2) is 7.01. The molecule has 1 aliphatic heterocycles. The normalized spacial score (nSPS) is 18.9. The van der Waals surface area contributed by atoms with Gasteiger partial charge in [0.15, 0.2) is 0 Å². The molecule has 3 aromatic rings. The summed E-state index contributed by atoms with van der Waals surface area (Å²) in [5.41, 5.74) is 4.09. The van der Waals surface area contributed by atoms with Crippen molar-refractivity contribution in [2.75, 3.05) is 13.1 Å². The first kappa shape index (κ1) is 16.3. The molecule has 0 saturated carbocycles. The van der Waals surface area contributed by atoms with Crippen molar-refractivity contribution in [1.82, 2.24) is 14.7 Å². The first-order valence-corrected chi connectivity index (χ1v) is 9.44. The third kappa shape index (κ3) is 3.47. The summed E-state index contributed by atoms with van der Waals surface area (Å²) in [6.07, 6.45) is 4.45. The van der Waals surface area contributed by atoms with E-state index in [0.29, 0.717) is 12.0 Å². The highest BCUT2D eigenvalue weighted by Gasteiger charge is 2.23. The molecular formula is C22H27N3. The topological polar surface area (TPSA) is 21.1 Å². The highest BCUT2D eigenvalue weighted by Crippen LogP contribution is 2.26. The minimum absolute atomic E-state index is 0.476. The standard InChI is InChI=1S/C22H27N3/c1-17(2)19-11-9-18(10-12-19)15-24-13-5-7-21(16-24)25-22-8-4-3-6-20(22)14-23-25/h3-4,6,8-12,14,17,21H,5,7,13,15-16H2,1-2H3/t21-/m0/s1.